The molecule has 11 nitrogen and oxygen atoms in total. The average molecular weight is 596 g/mol. The van der Waals surface area contributed by atoms with Crippen molar-refractivity contribution in [2.75, 3.05) is 20.3 Å². The molecule has 0 aromatic heterocycles. The first-order chi connectivity index (χ1) is 19.9. The Morgan fingerprint density at radius 3 is 1.95 bits per heavy atom. The monoisotopic (exact) mass is 595 g/mol. The average Bonchev–Trinajstić information content (AvgIpc) is 2.93. The molecule has 0 aliphatic heterocycles. The predicted molar refractivity (Wildman–Crippen MR) is 156 cm³/mol. The summed E-state index contributed by atoms with van der Waals surface area (Å²) in [6.07, 6.45) is 3.33. The molecule has 0 saturated heterocycles. The van der Waals surface area contributed by atoms with Gasteiger partial charge in [0.1, 0.15) is 11.6 Å². The van der Waals surface area contributed by atoms with Gasteiger partial charge in [0.05, 0.1) is 20.3 Å². The van der Waals surface area contributed by atoms with Crippen LogP contribution in [0.15, 0.2) is 18.2 Å². The highest BCUT2D eigenvalue weighted by Gasteiger charge is 2.38. The molecule has 1 rings (SSSR count). The minimum Gasteiger partial charge on any atom is -0.468 e. The number of esters is 2. The molecule has 0 aliphatic carbocycles. The van der Waals surface area contributed by atoms with Gasteiger partial charge in [0.2, 0.25) is 0 Å². The van der Waals surface area contributed by atoms with E-state index in [4.69, 9.17) is 34.2 Å². The zero-order valence-corrected chi connectivity index (χ0v) is 26.0. The maximum absolute atomic E-state index is 12.8. The molecule has 0 fully saturated rings. The summed E-state index contributed by atoms with van der Waals surface area (Å²) in [5.41, 5.74) is 5.42. The Labute approximate surface area is 249 Å². The molecule has 0 heterocycles. The van der Waals surface area contributed by atoms with Crippen LogP contribution in [0.1, 0.15) is 98.0 Å². The summed E-state index contributed by atoms with van der Waals surface area (Å²) in [7, 11) is 1.22. The Morgan fingerprint density at radius 1 is 0.857 bits per heavy atom. The lowest BCUT2D eigenvalue weighted by atomic mass is 9.86. The maximum atomic E-state index is 12.8. The summed E-state index contributed by atoms with van der Waals surface area (Å²) in [5.74, 6) is -0.922. The van der Waals surface area contributed by atoms with Gasteiger partial charge in [0.15, 0.2) is 11.5 Å². The van der Waals surface area contributed by atoms with Crippen molar-refractivity contribution in [2.45, 2.75) is 110 Å². The van der Waals surface area contributed by atoms with Gasteiger partial charge in [-0.3, -0.25) is 9.59 Å². The Bertz CT molecular complexity index is 996. The number of benzene rings is 1. The molecule has 0 aliphatic rings. The van der Waals surface area contributed by atoms with Gasteiger partial charge in [-0.1, -0.05) is 59.4 Å². The zero-order valence-electron chi connectivity index (χ0n) is 26.0. The Kier molecular flexibility index (Phi) is 17.2. The second kappa shape index (κ2) is 19.7. The summed E-state index contributed by atoms with van der Waals surface area (Å²) in [5, 5.41) is 0. The Morgan fingerprint density at radius 2 is 1.43 bits per heavy atom. The molecule has 0 saturated carbocycles. The van der Waals surface area contributed by atoms with E-state index >= 15 is 0 Å². The lowest BCUT2D eigenvalue weighted by Gasteiger charge is -2.29. The van der Waals surface area contributed by atoms with Crippen LogP contribution in [0.4, 0.5) is 9.59 Å². The Balaban J connectivity index is 3.13. The van der Waals surface area contributed by atoms with Crippen LogP contribution < -0.4 is 15.2 Å². The third-order valence-corrected chi connectivity index (χ3v) is 6.35. The first-order valence-electron chi connectivity index (χ1n) is 14.8. The molecule has 0 spiro atoms. The van der Waals surface area contributed by atoms with E-state index in [0.29, 0.717) is 30.7 Å². The van der Waals surface area contributed by atoms with E-state index in [1.807, 2.05) is 27.7 Å². The second-order valence-corrected chi connectivity index (χ2v) is 10.9. The quantitative estimate of drug-likeness (QED) is 0.0834. The number of ether oxygens (including phenoxy) is 6. The largest absolute Gasteiger partial charge is 0.513 e. The summed E-state index contributed by atoms with van der Waals surface area (Å²) in [6, 6.07) is 4.41. The highest BCUT2D eigenvalue weighted by Crippen LogP contribution is 2.32. The van der Waals surface area contributed by atoms with E-state index in [-0.39, 0.29) is 49.9 Å². The van der Waals surface area contributed by atoms with Gasteiger partial charge in [-0.15, -0.1) is 0 Å². The third-order valence-electron chi connectivity index (χ3n) is 6.35. The van der Waals surface area contributed by atoms with Gasteiger partial charge in [-0.05, 0) is 49.8 Å². The van der Waals surface area contributed by atoms with Crippen LogP contribution in [0.25, 0.3) is 0 Å². The van der Waals surface area contributed by atoms with Crippen molar-refractivity contribution < 1.29 is 47.6 Å². The molecule has 238 valence electrons. The Hall–Kier alpha value is -3.34. The van der Waals surface area contributed by atoms with Crippen LogP contribution in [-0.4, -0.2) is 56.2 Å². The van der Waals surface area contributed by atoms with Gasteiger partial charge >= 0.3 is 24.2 Å². The van der Waals surface area contributed by atoms with Crippen molar-refractivity contribution in [1.82, 2.24) is 0 Å². The van der Waals surface area contributed by atoms with Gasteiger partial charge in [0.25, 0.3) is 0 Å². The van der Waals surface area contributed by atoms with Crippen molar-refractivity contribution in [2.24, 2.45) is 11.7 Å². The van der Waals surface area contributed by atoms with Crippen LogP contribution >= 0.6 is 0 Å². The molecular weight excluding hydrogens is 546 g/mol. The molecule has 1 aromatic rings. The first kappa shape index (κ1) is 36.7. The van der Waals surface area contributed by atoms with E-state index in [1.165, 1.54) is 19.2 Å². The lowest BCUT2D eigenvalue weighted by Crippen LogP contribution is -2.53. The SMILES string of the molecule is CCCCCOC(=O)Oc1ccc(C[C@](N)(CC(C)OC(=O)CCC(C)C)C(=O)OC)cc1OC(=O)OCCCCC. The first-order valence-corrected chi connectivity index (χ1v) is 14.8. The van der Waals surface area contributed by atoms with Crippen molar-refractivity contribution in [3.8, 4) is 11.5 Å². The molecule has 0 amide bonds. The number of nitrogens with two attached hydrogens (primary N) is 1. The highest BCUT2D eigenvalue weighted by atomic mass is 16.7. The summed E-state index contributed by atoms with van der Waals surface area (Å²) in [4.78, 5) is 49.7. The van der Waals surface area contributed by atoms with Crippen molar-refractivity contribution in [3.05, 3.63) is 23.8 Å². The van der Waals surface area contributed by atoms with E-state index < -0.39 is 29.9 Å². The molecule has 1 unspecified atom stereocenters. The van der Waals surface area contributed by atoms with Gasteiger partial charge < -0.3 is 34.2 Å². The predicted octanol–water partition coefficient (Wildman–Crippen LogP) is 6.27. The minimum atomic E-state index is -1.58. The lowest BCUT2D eigenvalue weighted by molar-refractivity contribution is -0.155. The number of hydrogen-bond acceptors (Lipinski definition) is 11. The standard InChI is InChI=1S/C31H49NO10/c1-7-9-11-17-38-29(35)41-25-15-14-24(19-26(25)42-30(36)39-18-12-10-8-2)21-31(32,28(34)37-6)20-23(5)40-27(33)16-13-22(3)4/h14-15,19,22-23H,7-13,16-18,20-21,32H2,1-6H3/t23?,31-/m1/s1. The topological polar surface area (TPSA) is 150 Å². The van der Waals surface area contributed by atoms with Crippen LogP contribution in [0.5, 0.6) is 11.5 Å². The number of methoxy groups -OCH3 is 1. The summed E-state index contributed by atoms with van der Waals surface area (Å²) >= 11 is 0. The second-order valence-electron chi connectivity index (χ2n) is 10.9. The third kappa shape index (κ3) is 14.5. The number of carbonyl (C=O) groups excluding carboxylic acids is 4. The van der Waals surface area contributed by atoms with Gasteiger partial charge in [-0.25, -0.2) is 9.59 Å². The van der Waals surface area contributed by atoms with Crippen molar-refractivity contribution in [1.29, 1.82) is 0 Å². The van der Waals surface area contributed by atoms with Crippen LogP contribution in [0, 0.1) is 5.92 Å². The summed E-state index contributed by atoms with van der Waals surface area (Å²) < 4.78 is 31.4. The minimum absolute atomic E-state index is 0.0227. The van der Waals surface area contributed by atoms with E-state index in [2.05, 4.69) is 0 Å². The molecule has 0 radical (unpaired) electrons. The van der Waals surface area contributed by atoms with Crippen molar-refractivity contribution in [3.63, 3.8) is 0 Å². The maximum Gasteiger partial charge on any atom is 0.513 e. The fourth-order valence-corrected chi connectivity index (χ4v) is 4.12. The molecule has 2 atom stereocenters. The molecular formula is C31H49NO10. The molecule has 2 N–H and O–H groups in total. The van der Waals surface area contributed by atoms with E-state index in [0.717, 1.165) is 25.7 Å². The fraction of sp³-hybridized carbons (Fsp3) is 0.677. The molecule has 0 bridgehead atoms. The fourth-order valence-electron chi connectivity index (χ4n) is 4.12. The highest BCUT2D eigenvalue weighted by molar-refractivity contribution is 5.81. The van der Waals surface area contributed by atoms with Crippen LogP contribution in [0.3, 0.4) is 0 Å². The number of rotatable bonds is 19. The molecule has 42 heavy (non-hydrogen) atoms. The van der Waals surface area contributed by atoms with Gasteiger partial charge in [-0.2, -0.15) is 0 Å². The van der Waals surface area contributed by atoms with E-state index in [1.54, 1.807) is 13.0 Å². The van der Waals surface area contributed by atoms with Crippen LogP contribution in [0.2, 0.25) is 0 Å². The normalized spacial score (nSPS) is 13.0. The number of hydrogen-bond donors (Lipinski definition) is 1. The molecule has 1 aromatic carbocycles. The number of carbonyl (C=O) groups is 4. The van der Waals surface area contributed by atoms with E-state index in [9.17, 15) is 19.2 Å². The number of unbranched alkanes of at least 4 members (excludes halogenated alkanes) is 4. The van der Waals surface area contributed by atoms with Crippen LogP contribution in [-0.2, 0) is 35.0 Å². The smallest absolute Gasteiger partial charge is 0.468 e. The van der Waals surface area contributed by atoms with Gasteiger partial charge in [0, 0.05) is 19.3 Å². The molecule has 11 heteroatoms. The van der Waals surface area contributed by atoms with Crippen molar-refractivity contribution >= 4 is 24.2 Å². The zero-order chi connectivity index (χ0) is 31.5. The summed E-state index contributed by atoms with van der Waals surface area (Å²) in [6.45, 7) is 10.1.